The Hall–Kier alpha value is -1.69. The molecule has 1 aliphatic heterocycles. The average Bonchev–Trinajstić information content (AvgIpc) is 2.30. The van der Waals surface area contributed by atoms with Gasteiger partial charge in [-0.1, -0.05) is 0 Å². The van der Waals surface area contributed by atoms with E-state index in [1.54, 1.807) is 0 Å². The Morgan fingerprint density at radius 2 is 2.23 bits per heavy atom. The lowest BCUT2D eigenvalue weighted by Gasteiger charge is -2.04. The zero-order valence-electron chi connectivity index (χ0n) is 6.61. The standard InChI is InChI=1S/C7H8N2O4/c8-4(7(12)13)1-3-2-5(10)9-6(3)11/h2,4H,1,8H2,(H,12,13)(H,9,10,11). The molecule has 1 aliphatic rings. The van der Waals surface area contributed by atoms with Gasteiger partial charge in [0.15, 0.2) is 0 Å². The minimum absolute atomic E-state index is 0.111. The molecule has 70 valence electrons. The highest BCUT2D eigenvalue weighted by molar-refractivity contribution is 6.16. The maximum absolute atomic E-state index is 10.9. The quantitative estimate of drug-likeness (QED) is 0.456. The predicted molar refractivity (Wildman–Crippen MR) is 41.5 cm³/mol. The molecule has 1 heterocycles. The van der Waals surface area contributed by atoms with E-state index in [1.165, 1.54) is 0 Å². The van der Waals surface area contributed by atoms with Crippen LogP contribution in [0.25, 0.3) is 0 Å². The summed E-state index contributed by atoms with van der Waals surface area (Å²) in [6.45, 7) is 0. The van der Waals surface area contributed by atoms with Crippen molar-refractivity contribution in [3.05, 3.63) is 11.6 Å². The first-order valence-electron chi connectivity index (χ1n) is 3.55. The number of carbonyl (C=O) groups excluding carboxylic acids is 2. The van der Waals surface area contributed by atoms with E-state index in [4.69, 9.17) is 10.8 Å². The van der Waals surface area contributed by atoms with E-state index < -0.39 is 23.8 Å². The SMILES string of the molecule is NC(CC1=CC(=O)NC1=O)C(=O)O. The van der Waals surface area contributed by atoms with E-state index in [-0.39, 0.29) is 12.0 Å². The summed E-state index contributed by atoms with van der Waals surface area (Å²) < 4.78 is 0. The molecule has 4 N–H and O–H groups in total. The summed E-state index contributed by atoms with van der Waals surface area (Å²) in [5, 5.41) is 10.4. The second kappa shape index (κ2) is 3.36. The lowest BCUT2D eigenvalue weighted by atomic mass is 10.1. The van der Waals surface area contributed by atoms with Gasteiger partial charge in [-0.25, -0.2) is 0 Å². The fourth-order valence-corrected chi connectivity index (χ4v) is 0.928. The maximum Gasteiger partial charge on any atom is 0.320 e. The van der Waals surface area contributed by atoms with Gasteiger partial charge in [-0.15, -0.1) is 0 Å². The second-order valence-corrected chi connectivity index (χ2v) is 2.64. The molecular weight excluding hydrogens is 176 g/mol. The molecule has 0 spiro atoms. The Bertz CT molecular complexity index is 308. The van der Waals surface area contributed by atoms with Gasteiger partial charge in [0.25, 0.3) is 11.8 Å². The van der Waals surface area contributed by atoms with Crippen molar-refractivity contribution < 1.29 is 19.5 Å². The average molecular weight is 184 g/mol. The van der Waals surface area contributed by atoms with Crippen molar-refractivity contribution in [3.63, 3.8) is 0 Å². The van der Waals surface area contributed by atoms with Crippen LogP contribution >= 0.6 is 0 Å². The Balaban J connectivity index is 2.64. The molecule has 6 heteroatoms. The normalized spacial score (nSPS) is 18.1. The zero-order valence-corrected chi connectivity index (χ0v) is 6.61. The van der Waals surface area contributed by atoms with Crippen LogP contribution < -0.4 is 11.1 Å². The first kappa shape index (κ1) is 9.40. The molecule has 0 saturated heterocycles. The molecule has 0 aromatic heterocycles. The molecule has 6 nitrogen and oxygen atoms in total. The van der Waals surface area contributed by atoms with Crippen molar-refractivity contribution in [1.29, 1.82) is 0 Å². The smallest absolute Gasteiger partial charge is 0.320 e. The highest BCUT2D eigenvalue weighted by atomic mass is 16.4. The van der Waals surface area contributed by atoms with Crippen LogP contribution in [0.4, 0.5) is 0 Å². The first-order chi connectivity index (χ1) is 6.00. The summed E-state index contributed by atoms with van der Waals surface area (Å²) in [5.41, 5.74) is 5.28. The van der Waals surface area contributed by atoms with Crippen LogP contribution in [0.5, 0.6) is 0 Å². The summed E-state index contributed by atoms with van der Waals surface area (Å²) in [6, 6.07) is -1.15. The fraction of sp³-hybridized carbons (Fsp3) is 0.286. The third-order valence-corrected chi connectivity index (χ3v) is 1.59. The summed E-state index contributed by atoms with van der Waals surface area (Å²) in [5.74, 6) is -2.30. The second-order valence-electron chi connectivity index (χ2n) is 2.64. The zero-order chi connectivity index (χ0) is 10.0. The largest absolute Gasteiger partial charge is 0.480 e. The number of amides is 2. The minimum Gasteiger partial charge on any atom is -0.480 e. The maximum atomic E-state index is 10.9. The van der Waals surface area contributed by atoms with E-state index in [0.29, 0.717) is 0 Å². The molecule has 1 atom stereocenters. The molecular formula is C7H8N2O4. The fourth-order valence-electron chi connectivity index (χ4n) is 0.928. The van der Waals surface area contributed by atoms with Gasteiger partial charge in [-0.2, -0.15) is 0 Å². The van der Waals surface area contributed by atoms with Crippen molar-refractivity contribution in [2.75, 3.05) is 0 Å². The first-order valence-corrected chi connectivity index (χ1v) is 3.55. The Morgan fingerprint density at radius 1 is 1.62 bits per heavy atom. The van der Waals surface area contributed by atoms with Gasteiger partial charge in [0, 0.05) is 18.1 Å². The van der Waals surface area contributed by atoms with Gasteiger partial charge in [-0.3, -0.25) is 19.7 Å². The van der Waals surface area contributed by atoms with Gasteiger partial charge in [0.1, 0.15) is 6.04 Å². The minimum atomic E-state index is -1.20. The molecule has 0 bridgehead atoms. The van der Waals surface area contributed by atoms with Crippen molar-refractivity contribution in [3.8, 4) is 0 Å². The third kappa shape index (κ3) is 2.12. The van der Waals surface area contributed by atoms with Crippen LogP contribution in [0.3, 0.4) is 0 Å². The number of hydrogen-bond donors (Lipinski definition) is 3. The van der Waals surface area contributed by atoms with E-state index in [9.17, 15) is 14.4 Å². The number of rotatable bonds is 3. The van der Waals surface area contributed by atoms with Crippen molar-refractivity contribution in [1.82, 2.24) is 5.32 Å². The number of carboxylic acids is 1. The molecule has 1 rings (SSSR count). The van der Waals surface area contributed by atoms with Gasteiger partial charge in [0.05, 0.1) is 0 Å². The number of nitrogens with one attached hydrogen (secondary N) is 1. The molecule has 1 unspecified atom stereocenters. The van der Waals surface area contributed by atoms with E-state index in [1.807, 2.05) is 5.32 Å². The molecule has 0 aromatic rings. The highest BCUT2D eigenvalue weighted by Crippen LogP contribution is 2.09. The van der Waals surface area contributed by atoms with E-state index in [0.717, 1.165) is 6.08 Å². The molecule has 0 fully saturated rings. The van der Waals surface area contributed by atoms with E-state index >= 15 is 0 Å². The van der Waals surface area contributed by atoms with Crippen LogP contribution in [0.1, 0.15) is 6.42 Å². The lowest BCUT2D eigenvalue weighted by molar-refractivity contribution is -0.138. The molecule has 13 heavy (non-hydrogen) atoms. The Kier molecular flexibility index (Phi) is 2.43. The van der Waals surface area contributed by atoms with Crippen LogP contribution in [0.2, 0.25) is 0 Å². The number of carboxylic acid groups (broad SMARTS) is 1. The molecule has 0 aromatic carbocycles. The number of carbonyl (C=O) groups is 3. The Morgan fingerprint density at radius 3 is 2.62 bits per heavy atom. The number of nitrogens with two attached hydrogens (primary N) is 1. The summed E-state index contributed by atoms with van der Waals surface area (Å²) >= 11 is 0. The topological polar surface area (TPSA) is 109 Å². The molecule has 0 radical (unpaired) electrons. The summed E-state index contributed by atoms with van der Waals surface area (Å²) in [4.78, 5) is 31.8. The number of hydrogen-bond acceptors (Lipinski definition) is 4. The van der Waals surface area contributed by atoms with Crippen molar-refractivity contribution >= 4 is 17.8 Å². The van der Waals surface area contributed by atoms with Crippen LogP contribution in [0.15, 0.2) is 11.6 Å². The van der Waals surface area contributed by atoms with Crippen LogP contribution in [-0.2, 0) is 14.4 Å². The number of aliphatic carboxylic acids is 1. The van der Waals surface area contributed by atoms with Gasteiger partial charge in [-0.05, 0) is 0 Å². The predicted octanol–water partition coefficient (Wildman–Crippen LogP) is -1.63. The lowest BCUT2D eigenvalue weighted by Crippen LogP contribution is -2.32. The third-order valence-electron chi connectivity index (χ3n) is 1.59. The van der Waals surface area contributed by atoms with Gasteiger partial charge >= 0.3 is 5.97 Å². The molecule has 2 amide bonds. The van der Waals surface area contributed by atoms with Gasteiger partial charge < -0.3 is 10.8 Å². The molecule has 0 saturated carbocycles. The van der Waals surface area contributed by atoms with Gasteiger partial charge in [0.2, 0.25) is 0 Å². The number of imide groups is 1. The van der Waals surface area contributed by atoms with Crippen LogP contribution in [-0.4, -0.2) is 28.9 Å². The summed E-state index contributed by atoms with van der Waals surface area (Å²) in [6.07, 6.45) is 0.929. The van der Waals surface area contributed by atoms with Crippen LogP contribution in [0, 0.1) is 0 Å². The monoisotopic (exact) mass is 184 g/mol. The summed E-state index contributed by atoms with van der Waals surface area (Å²) in [7, 11) is 0. The van der Waals surface area contributed by atoms with E-state index in [2.05, 4.69) is 0 Å². The molecule has 0 aliphatic carbocycles. The van der Waals surface area contributed by atoms with Crippen molar-refractivity contribution in [2.24, 2.45) is 5.73 Å². The highest BCUT2D eigenvalue weighted by Gasteiger charge is 2.24. The van der Waals surface area contributed by atoms with Crippen molar-refractivity contribution in [2.45, 2.75) is 12.5 Å². The Labute approximate surface area is 73.4 Å².